The van der Waals surface area contributed by atoms with E-state index in [1.54, 1.807) is 30.7 Å². The summed E-state index contributed by atoms with van der Waals surface area (Å²) in [6.07, 6.45) is -0.0189. The van der Waals surface area contributed by atoms with Gasteiger partial charge in [-0.15, -0.1) is 0 Å². The number of carbonyl (C=O) groups excluding carboxylic acids is 2. The Morgan fingerprint density at radius 2 is 1.93 bits per heavy atom. The molecule has 0 bridgehead atoms. The Morgan fingerprint density at radius 3 is 2.57 bits per heavy atom. The van der Waals surface area contributed by atoms with Crippen molar-refractivity contribution in [3.63, 3.8) is 0 Å². The van der Waals surface area contributed by atoms with E-state index in [4.69, 9.17) is 9.47 Å². The molecule has 1 amide bonds. The number of nitro benzene ring substituents is 1. The van der Waals surface area contributed by atoms with Crippen molar-refractivity contribution in [1.82, 2.24) is 4.57 Å². The van der Waals surface area contributed by atoms with Gasteiger partial charge >= 0.3 is 5.97 Å². The number of hydrogen-bond acceptors (Lipinski definition) is 7. The average Bonchev–Trinajstić information content (AvgIpc) is 3.04. The highest BCUT2D eigenvalue weighted by Gasteiger charge is 2.13. The lowest BCUT2D eigenvalue weighted by atomic mass is 10.1. The zero-order valence-electron chi connectivity index (χ0n) is 16.4. The van der Waals surface area contributed by atoms with E-state index in [-0.39, 0.29) is 25.3 Å². The number of carbonyl (C=O) groups is 2. The second-order valence-corrected chi connectivity index (χ2v) is 7.22. The molecule has 0 aliphatic rings. The van der Waals surface area contributed by atoms with E-state index in [1.165, 1.54) is 35.6 Å². The minimum Gasteiger partial charge on any atom is -0.497 e. The molecule has 156 valence electrons. The summed E-state index contributed by atoms with van der Waals surface area (Å²) >= 11 is 1.26. The van der Waals surface area contributed by atoms with Crippen molar-refractivity contribution >= 4 is 39.1 Å². The number of rotatable bonds is 7. The zero-order chi connectivity index (χ0) is 21.7. The number of fused-ring (bicyclic) bond motifs is 1. The molecule has 0 saturated carbocycles. The molecule has 0 N–H and O–H groups in total. The lowest BCUT2D eigenvalue weighted by Gasteiger charge is -2.05. The normalized spacial score (nSPS) is 11.5. The van der Waals surface area contributed by atoms with Crippen molar-refractivity contribution in [1.29, 1.82) is 0 Å². The molecule has 0 aliphatic heterocycles. The standard InChI is InChI=1S/C20H19N3O6S/c1-3-29-19(25)12-22-16-9-8-15(28-2)11-17(16)30-20(22)21-18(24)10-13-4-6-14(7-5-13)23(26)27/h4-9,11H,3,10,12H2,1-2H3. The molecule has 30 heavy (non-hydrogen) atoms. The van der Waals surface area contributed by atoms with Crippen LogP contribution in [0.5, 0.6) is 5.75 Å². The Hall–Kier alpha value is -3.53. The SMILES string of the molecule is CCOC(=O)Cn1c(=NC(=O)Cc2ccc([N+](=O)[O-])cc2)sc2cc(OC)ccc21. The summed E-state index contributed by atoms with van der Waals surface area (Å²) in [5.74, 6) is -0.215. The molecule has 0 radical (unpaired) electrons. The maximum atomic E-state index is 12.5. The first-order chi connectivity index (χ1) is 14.4. The number of hydrogen-bond donors (Lipinski definition) is 0. The Bertz CT molecular complexity index is 1160. The zero-order valence-corrected chi connectivity index (χ0v) is 17.2. The van der Waals surface area contributed by atoms with Gasteiger partial charge in [0, 0.05) is 12.1 Å². The van der Waals surface area contributed by atoms with E-state index in [0.717, 1.165) is 10.2 Å². The summed E-state index contributed by atoms with van der Waals surface area (Å²) in [6, 6.07) is 11.1. The monoisotopic (exact) mass is 429 g/mol. The molecule has 9 nitrogen and oxygen atoms in total. The highest BCUT2D eigenvalue weighted by atomic mass is 32.1. The number of benzene rings is 2. The van der Waals surface area contributed by atoms with Crippen molar-refractivity contribution in [3.05, 3.63) is 62.9 Å². The maximum Gasteiger partial charge on any atom is 0.326 e. The van der Waals surface area contributed by atoms with E-state index in [1.807, 2.05) is 6.07 Å². The third-order valence-electron chi connectivity index (χ3n) is 4.21. The van der Waals surface area contributed by atoms with Gasteiger partial charge in [-0.05, 0) is 30.7 Å². The van der Waals surface area contributed by atoms with E-state index < -0.39 is 16.8 Å². The Morgan fingerprint density at radius 1 is 1.20 bits per heavy atom. The fourth-order valence-corrected chi connectivity index (χ4v) is 3.89. The number of aromatic nitrogens is 1. The molecule has 0 atom stereocenters. The van der Waals surface area contributed by atoms with Crippen LogP contribution in [0.1, 0.15) is 12.5 Å². The summed E-state index contributed by atoms with van der Waals surface area (Å²) < 4.78 is 12.7. The minimum absolute atomic E-state index is 0.0189. The maximum absolute atomic E-state index is 12.5. The first-order valence-corrected chi connectivity index (χ1v) is 9.86. The molecule has 0 unspecified atom stereocenters. The summed E-state index contributed by atoms with van der Waals surface area (Å²) in [4.78, 5) is 39.4. The van der Waals surface area contributed by atoms with Gasteiger partial charge in [-0.1, -0.05) is 23.5 Å². The fraction of sp³-hybridized carbons (Fsp3) is 0.250. The van der Waals surface area contributed by atoms with E-state index in [0.29, 0.717) is 16.1 Å². The molecule has 3 aromatic rings. The molecule has 1 aromatic heterocycles. The summed E-state index contributed by atoms with van der Waals surface area (Å²) in [5, 5.41) is 10.8. The third kappa shape index (κ3) is 4.90. The van der Waals surface area contributed by atoms with Gasteiger partial charge in [-0.25, -0.2) is 0 Å². The number of non-ortho nitro benzene ring substituents is 1. The van der Waals surface area contributed by atoms with Gasteiger partial charge in [-0.3, -0.25) is 19.7 Å². The Kier molecular flexibility index (Phi) is 6.58. The van der Waals surface area contributed by atoms with Crippen LogP contribution < -0.4 is 9.54 Å². The summed E-state index contributed by atoms with van der Waals surface area (Å²) in [5.41, 5.74) is 1.29. The van der Waals surface area contributed by atoms with Crippen molar-refractivity contribution in [2.75, 3.05) is 13.7 Å². The second-order valence-electron chi connectivity index (χ2n) is 6.22. The van der Waals surface area contributed by atoms with Gasteiger partial charge in [0.1, 0.15) is 12.3 Å². The van der Waals surface area contributed by atoms with E-state index >= 15 is 0 Å². The average molecular weight is 429 g/mol. The van der Waals surface area contributed by atoms with Gasteiger partial charge < -0.3 is 14.0 Å². The number of nitrogens with zero attached hydrogens (tertiary/aromatic N) is 3. The van der Waals surface area contributed by atoms with Gasteiger partial charge in [0.15, 0.2) is 4.80 Å². The Balaban J connectivity index is 1.95. The summed E-state index contributed by atoms with van der Waals surface area (Å²) in [6.45, 7) is 1.89. The van der Waals surface area contributed by atoms with Crippen LogP contribution in [-0.4, -0.2) is 35.1 Å². The molecule has 2 aromatic carbocycles. The molecular formula is C20H19N3O6S. The van der Waals surface area contributed by atoms with Crippen LogP contribution in [-0.2, 0) is 27.3 Å². The molecule has 0 fully saturated rings. The number of nitro groups is 1. The van der Waals surface area contributed by atoms with Crippen LogP contribution in [0.4, 0.5) is 5.69 Å². The predicted octanol–water partition coefficient (Wildman–Crippen LogP) is 2.85. The molecule has 0 aliphatic carbocycles. The molecule has 1 heterocycles. The number of thiazole rings is 1. The largest absolute Gasteiger partial charge is 0.497 e. The van der Waals surface area contributed by atoms with Crippen LogP contribution in [0.2, 0.25) is 0 Å². The quantitative estimate of drug-likeness (QED) is 0.324. The minimum atomic E-state index is -0.500. The topological polar surface area (TPSA) is 113 Å². The van der Waals surface area contributed by atoms with Gasteiger partial charge in [-0.2, -0.15) is 4.99 Å². The third-order valence-corrected chi connectivity index (χ3v) is 5.25. The number of ether oxygens (including phenoxy) is 2. The van der Waals surface area contributed by atoms with Gasteiger partial charge in [0.05, 0.1) is 35.3 Å². The Labute approximate surface area is 175 Å². The molecule has 10 heteroatoms. The predicted molar refractivity (Wildman–Crippen MR) is 110 cm³/mol. The smallest absolute Gasteiger partial charge is 0.326 e. The van der Waals surface area contributed by atoms with Gasteiger partial charge in [0.25, 0.3) is 11.6 Å². The van der Waals surface area contributed by atoms with Crippen LogP contribution in [0.3, 0.4) is 0 Å². The highest BCUT2D eigenvalue weighted by molar-refractivity contribution is 7.16. The second kappa shape index (κ2) is 9.31. The van der Waals surface area contributed by atoms with E-state index in [2.05, 4.69) is 4.99 Å². The van der Waals surface area contributed by atoms with Crippen molar-refractivity contribution in [2.45, 2.75) is 19.9 Å². The lowest BCUT2D eigenvalue weighted by molar-refractivity contribution is -0.384. The van der Waals surface area contributed by atoms with Crippen LogP contribution in [0.25, 0.3) is 10.2 Å². The first kappa shape index (κ1) is 21.2. The highest BCUT2D eigenvalue weighted by Crippen LogP contribution is 2.23. The fourth-order valence-electron chi connectivity index (χ4n) is 2.81. The molecule has 0 saturated heterocycles. The molecule has 0 spiro atoms. The van der Waals surface area contributed by atoms with Crippen LogP contribution >= 0.6 is 11.3 Å². The van der Waals surface area contributed by atoms with Crippen LogP contribution in [0, 0.1) is 10.1 Å². The van der Waals surface area contributed by atoms with Gasteiger partial charge in [0.2, 0.25) is 0 Å². The molecular weight excluding hydrogens is 410 g/mol. The number of methoxy groups -OCH3 is 1. The number of amides is 1. The first-order valence-electron chi connectivity index (χ1n) is 9.05. The van der Waals surface area contributed by atoms with Crippen molar-refractivity contribution < 1.29 is 24.0 Å². The number of esters is 1. The molecule has 3 rings (SSSR count). The van der Waals surface area contributed by atoms with E-state index in [9.17, 15) is 19.7 Å². The van der Waals surface area contributed by atoms with Crippen molar-refractivity contribution in [3.8, 4) is 5.75 Å². The van der Waals surface area contributed by atoms with Crippen molar-refractivity contribution in [2.24, 2.45) is 4.99 Å². The summed E-state index contributed by atoms with van der Waals surface area (Å²) in [7, 11) is 1.56. The van der Waals surface area contributed by atoms with Crippen LogP contribution in [0.15, 0.2) is 47.5 Å². The lowest BCUT2D eigenvalue weighted by Crippen LogP contribution is -2.23.